The van der Waals surface area contributed by atoms with Crippen molar-refractivity contribution in [3.8, 4) is 0 Å². The van der Waals surface area contributed by atoms with Gasteiger partial charge in [-0.05, 0) is 37.0 Å². The molecule has 0 spiro atoms. The van der Waals surface area contributed by atoms with Crippen molar-refractivity contribution in [2.24, 2.45) is 11.1 Å². The minimum atomic E-state index is -0.540. The summed E-state index contributed by atoms with van der Waals surface area (Å²) >= 11 is 0. The predicted octanol–water partition coefficient (Wildman–Crippen LogP) is 1.93. The third-order valence-electron chi connectivity index (χ3n) is 4.01. The van der Waals surface area contributed by atoms with Crippen LogP contribution >= 0.6 is 12.4 Å². The van der Waals surface area contributed by atoms with Crippen molar-refractivity contribution in [3.05, 3.63) is 35.1 Å². The van der Waals surface area contributed by atoms with Crippen molar-refractivity contribution in [1.82, 2.24) is 5.32 Å². The lowest BCUT2D eigenvalue weighted by molar-refractivity contribution is -0.136. The van der Waals surface area contributed by atoms with Crippen LogP contribution in [0.25, 0.3) is 0 Å². The second-order valence-corrected chi connectivity index (χ2v) is 5.36. The maximum absolute atomic E-state index is 13.5. The molecule has 1 saturated heterocycles. The Morgan fingerprint density at radius 2 is 2.10 bits per heavy atom. The lowest BCUT2D eigenvalue weighted by atomic mass is 9.79. The second kappa shape index (κ2) is 7.73. The van der Waals surface area contributed by atoms with E-state index in [0.29, 0.717) is 44.7 Å². The van der Waals surface area contributed by atoms with Gasteiger partial charge in [0.05, 0.1) is 5.41 Å². The molecule has 1 aliphatic heterocycles. The number of carbonyl (C=O) groups excluding carboxylic acids is 1. The van der Waals surface area contributed by atoms with Gasteiger partial charge in [0.15, 0.2) is 0 Å². The molecule has 1 heterocycles. The van der Waals surface area contributed by atoms with Crippen molar-refractivity contribution < 1.29 is 13.9 Å². The van der Waals surface area contributed by atoms with E-state index in [0.717, 1.165) is 5.56 Å². The van der Waals surface area contributed by atoms with Gasteiger partial charge in [0.1, 0.15) is 5.82 Å². The molecular formula is C15H22ClFN2O2. The third kappa shape index (κ3) is 4.15. The van der Waals surface area contributed by atoms with E-state index in [1.165, 1.54) is 6.07 Å². The van der Waals surface area contributed by atoms with Crippen LogP contribution in [-0.4, -0.2) is 25.7 Å². The van der Waals surface area contributed by atoms with Gasteiger partial charge in [0, 0.05) is 26.3 Å². The second-order valence-electron chi connectivity index (χ2n) is 5.36. The van der Waals surface area contributed by atoms with Crippen LogP contribution in [0.1, 0.15) is 24.0 Å². The standard InChI is InChI=1S/C15H21FN2O2.ClH/c1-11-2-3-12(8-13(11)16)9-18-14(19)15(10-17)4-6-20-7-5-15;/h2-3,8H,4-7,9-10,17H2,1H3,(H,18,19);1H. The monoisotopic (exact) mass is 316 g/mol. The zero-order valence-corrected chi connectivity index (χ0v) is 13.0. The first-order valence-electron chi connectivity index (χ1n) is 6.88. The maximum Gasteiger partial charge on any atom is 0.227 e. The van der Waals surface area contributed by atoms with Crippen LogP contribution in [0, 0.1) is 18.2 Å². The highest BCUT2D eigenvalue weighted by Gasteiger charge is 2.38. The molecule has 0 atom stereocenters. The molecule has 2 rings (SSSR count). The van der Waals surface area contributed by atoms with Crippen molar-refractivity contribution in [2.75, 3.05) is 19.8 Å². The molecule has 1 amide bonds. The fourth-order valence-corrected chi connectivity index (χ4v) is 2.40. The van der Waals surface area contributed by atoms with Crippen molar-refractivity contribution in [1.29, 1.82) is 0 Å². The van der Waals surface area contributed by atoms with E-state index in [4.69, 9.17) is 10.5 Å². The van der Waals surface area contributed by atoms with E-state index in [1.54, 1.807) is 13.0 Å². The summed E-state index contributed by atoms with van der Waals surface area (Å²) < 4.78 is 18.7. The van der Waals surface area contributed by atoms with Gasteiger partial charge in [0.2, 0.25) is 5.91 Å². The molecule has 1 fully saturated rings. The van der Waals surface area contributed by atoms with Gasteiger partial charge in [-0.15, -0.1) is 12.4 Å². The van der Waals surface area contributed by atoms with Crippen LogP contribution in [0.4, 0.5) is 4.39 Å². The minimum absolute atomic E-state index is 0. The summed E-state index contributed by atoms with van der Waals surface area (Å²) in [6.07, 6.45) is 1.27. The summed E-state index contributed by atoms with van der Waals surface area (Å²) in [6, 6.07) is 4.98. The lowest BCUT2D eigenvalue weighted by Crippen LogP contribution is -2.48. The Labute approximate surface area is 130 Å². The van der Waals surface area contributed by atoms with Crippen molar-refractivity contribution in [3.63, 3.8) is 0 Å². The van der Waals surface area contributed by atoms with Gasteiger partial charge < -0.3 is 15.8 Å². The Morgan fingerprint density at radius 3 is 2.67 bits per heavy atom. The molecule has 0 aliphatic carbocycles. The Hall–Kier alpha value is -1.17. The number of amides is 1. The average molecular weight is 317 g/mol. The molecule has 0 unspecified atom stereocenters. The largest absolute Gasteiger partial charge is 0.381 e. The normalized spacial score (nSPS) is 16.9. The molecule has 0 saturated carbocycles. The number of nitrogens with two attached hydrogens (primary N) is 1. The molecule has 1 aromatic rings. The first-order chi connectivity index (χ1) is 9.57. The summed E-state index contributed by atoms with van der Waals surface area (Å²) in [5, 5.41) is 2.87. The Balaban J connectivity index is 0.00000220. The molecule has 0 radical (unpaired) electrons. The van der Waals surface area contributed by atoms with Gasteiger partial charge >= 0.3 is 0 Å². The average Bonchev–Trinajstić information content (AvgIpc) is 2.48. The van der Waals surface area contributed by atoms with E-state index < -0.39 is 5.41 Å². The molecule has 4 nitrogen and oxygen atoms in total. The summed E-state index contributed by atoms with van der Waals surface area (Å²) in [6.45, 7) is 3.46. The number of hydrogen-bond donors (Lipinski definition) is 2. The molecular weight excluding hydrogens is 295 g/mol. The number of benzene rings is 1. The smallest absolute Gasteiger partial charge is 0.227 e. The number of nitrogens with one attached hydrogen (secondary N) is 1. The number of halogens is 2. The first kappa shape index (κ1) is 17.9. The molecule has 0 bridgehead atoms. The van der Waals surface area contributed by atoms with E-state index >= 15 is 0 Å². The topological polar surface area (TPSA) is 64.4 Å². The zero-order chi connectivity index (χ0) is 14.6. The van der Waals surface area contributed by atoms with Crippen LogP contribution in [0.5, 0.6) is 0 Å². The molecule has 118 valence electrons. The highest BCUT2D eigenvalue weighted by atomic mass is 35.5. The predicted molar refractivity (Wildman–Crippen MR) is 81.8 cm³/mol. The Bertz CT molecular complexity index is 491. The Morgan fingerprint density at radius 1 is 1.43 bits per heavy atom. The fraction of sp³-hybridized carbons (Fsp3) is 0.533. The molecule has 3 N–H and O–H groups in total. The SMILES string of the molecule is Cc1ccc(CNC(=O)C2(CN)CCOCC2)cc1F.Cl. The summed E-state index contributed by atoms with van der Waals surface area (Å²) in [7, 11) is 0. The van der Waals surface area contributed by atoms with Crippen LogP contribution in [0.15, 0.2) is 18.2 Å². The Kier molecular flexibility index (Phi) is 6.58. The van der Waals surface area contributed by atoms with Crippen LogP contribution in [-0.2, 0) is 16.1 Å². The zero-order valence-electron chi connectivity index (χ0n) is 12.2. The third-order valence-corrected chi connectivity index (χ3v) is 4.01. The van der Waals surface area contributed by atoms with Gasteiger partial charge in [-0.3, -0.25) is 4.79 Å². The van der Waals surface area contributed by atoms with Crippen LogP contribution < -0.4 is 11.1 Å². The van der Waals surface area contributed by atoms with Crippen molar-refractivity contribution >= 4 is 18.3 Å². The molecule has 1 aromatic carbocycles. The summed E-state index contributed by atoms with van der Waals surface area (Å²) in [5.41, 5.74) is 6.59. The first-order valence-corrected chi connectivity index (χ1v) is 6.88. The van der Waals surface area contributed by atoms with Gasteiger partial charge in [-0.25, -0.2) is 4.39 Å². The van der Waals surface area contributed by atoms with E-state index in [-0.39, 0.29) is 24.1 Å². The molecule has 1 aliphatic rings. The van der Waals surface area contributed by atoms with Gasteiger partial charge in [-0.2, -0.15) is 0 Å². The van der Waals surface area contributed by atoms with Gasteiger partial charge in [-0.1, -0.05) is 12.1 Å². The highest BCUT2D eigenvalue weighted by Crippen LogP contribution is 2.29. The lowest BCUT2D eigenvalue weighted by Gasteiger charge is -2.34. The maximum atomic E-state index is 13.5. The number of aryl methyl sites for hydroxylation is 1. The number of carbonyl (C=O) groups is 1. The number of hydrogen-bond acceptors (Lipinski definition) is 3. The number of ether oxygens (including phenoxy) is 1. The quantitative estimate of drug-likeness (QED) is 0.892. The van der Waals surface area contributed by atoms with E-state index in [1.807, 2.05) is 6.07 Å². The summed E-state index contributed by atoms with van der Waals surface area (Å²) in [4.78, 5) is 12.3. The minimum Gasteiger partial charge on any atom is -0.381 e. The molecule has 21 heavy (non-hydrogen) atoms. The van der Waals surface area contributed by atoms with Gasteiger partial charge in [0.25, 0.3) is 0 Å². The summed E-state index contributed by atoms with van der Waals surface area (Å²) in [5.74, 6) is -0.319. The highest BCUT2D eigenvalue weighted by molar-refractivity contribution is 5.85. The van der Waals surface area contributed by atoms with E-state index in [2.05, 4.69) is 5.32 Å². The fourth-order valence-electron chi connectivity index (χ4n) is 2.40. The molecule has 0 aromatic heterocycles. The van der Waals surface area contributed by atoms with Crippen LogP contribution in [0.2, 0.25) is 0 Å². The van der Waals surface area contributed by atoms with E-state index in [9.17, 15) is 9.18 Å². The molecule has 6 heteroatoms. The van der Waals surface area contributed by atoms with Crippen molar-refractivity contribution in [2.45, 2.75) is 26.3 Å². The number of rotatable bonds is 4. The van der Waals surface area contributed by atoms with Crippen LogP contribution in [0.3, 0.4) is 0 Å².